The number of unbranched alkanes of at least 4 members (excludes halogenated alkanes) is 3. The van der Waals surface area contributed by atoms with Gasteiger partial charge in [-0.1, -0.05) is 38.2 Å². The molecule has 0 aliphatic rings. The normalized spacial score (nSPS) is 14.6. The van der Waals surface area contributed by atoms with Crippen LogP contribution in [0.1, 0.15) is 46.5 Å². The highest BCUT2D eigenvalue weighted by Gasteiger charge is 2.02. The van der Waals surface area contributed by atoms with E-state index in [0.29, 0.717) is 5.92 Å². The standard InChI is InChI=1S/C13H24O/c1-4-5-6-7-8-9-10-11-13(14)12(2)3/h4-5,10-14H,6-9H2,1-3H3. The van der Waals surface area contributed by atoms with E-state index in [2.05, 4.69) is 25.2 Å². The van der Waals surface area contributed by atoms with Gasteiger partial charge in [-0.3, -0.25) is 0 Å². The van der Waals surface area contributed by atoms with E-state index < -0.39 is 0 Å². The highest BCUT2D eigenvalue weighted by molar-refractivity contribution is 4.90. The quantitative estimate of drug-likeness (QED) is 0.486. The SMILES string of the molecule is CC=CCCCCC=CC(O)C(C)C. The molecule has 0 spiro atoms. The number of aliphatic hydroxyl groups excluding tert-OH is 1. The molecular formula is C13H24O. The molecule has 82 valence electrons. The minimum atomic E-state index is -0.273. The third kappa shape index (κ3) is 8.06. The van der Waals surface area contributed by atoms with Crippen molar-refractivity contribution in [1.82, 2.24) is 0 Å². The van der Waals surface area contributed by atoms with Crippen LogP contribution in [-0.2, 0) is 0 Å². The predicted octanol–water partition coefficient (Wildman–Crippen LogP) is 3.70. The first-order valence-corrected chi connectivity index (χ1v) is 5.64. The fourth-order valence-electron chi connectivity index (χ4n) is 1.15. The van der Waals surface area contributed by atoms with E-state index in [4.69, 9.17) is 0 Å². The summed E-state index contributed by atoms with van der Waals surface area (Å²) in [4.78, 5) is 0. The number of hydrogen-bond donors (Lipinski definition) is 1. The molecule has 14 heavy (non-hydrogen) atoms. The van der Waals surface area contributed by atoms with E-state index in [9.17, 15) is 5.11 Å². The van der Waals surface area contributed by atoms with Crippen molar-refractivity contribution in [2.45, 2.75) is 52.6 Å². The van der Waals surface area contributed by atoms with Gasteiger partial charge in [0.25, 0.3) is 0 Å². The second-order valence-electron chi connectivity index (χ2n) is 4.02. The van der Waals surface area contributed by atoms with Gasteiger partial charge in [-0.25, -0.2) is 0 Å². The lowest BCUT2D eigenvalue weighted by atomic mass is 10.1. The zero-order valence-electron chi connectivity index (χ0n) is 9.74. The minimum Gasteiger partial charge on any atom is -0.389 e. The third-order valence-electron chi connectivity index (χ3n) is 2.24. The second kappa shape index (κ2) is 9.01. The molecular weight excluding hydrogens is 172 g/mol. The Morgan fingerprint density at radius 2 is 1.64 bits per heavy atom. The summed E-state index contributed by atoms with van der Waals surface area (Å²) in [7, 11) is 0. The van der Waals surface area contributed by atoms with Gasteiger partial charge in [-0.15, -0.1) is 0 Å². The summed E-state index contributed by atoms with van der Waals surface area (Å²) in [6, 6.07) is 0. The van der Waals surface area contributed by atoms with E-state index in [1.807, 2.05) is 19.9 Å². The maximum atomic E-state index is 9.47. The summed E-state index contributed by atoms with van der Waals surface area (Å²) < 4.78 is 0. The van der Waals surface area contributed by atoms with Crippen LogP contribution in [0.15, 0.2) is 24.3 Å². The van der Waals surface area contributed by atoms with Crippen molar-refractivity contribution in [3.63, 3.8) is 0 Å². The fourth-order valence-corrected chi connectivity index (χ4v) is 1.15. The number of allylic oxidation sites excluding steroid dienone is 3. The summed E-state index contributed by atoms with van der Waals surface area (Å²) >= 11 is 0. The summed E-state index contributed by atoms with van der Waals surface area (Å²) in [6.07, 6.45) is 12.8. The van der Waals surface area contributed by atoms with Gasteiger partial charge in [0.2, 0.25) is 0 Å². The van der Waals surface area contributed by atoms with Gasteiger partial charge in [0.15, 0.2) is 0 Å². The molecule has 1 unspecified atom stereocenters. The molecule has 1 nitrogen and oxygen atoms in total. The number of aliphatic hydroxyl groups is 1. The van der Waals surface area contributed by atoms with Crippen molar-refractivity contribution in [2.24, 2.45) is 5.92 Å². The zero-order valence-corrected chi connectivity index (χ0v) is 9.74. The maximum absolute atomic E-state index is 9.47. The van der Waals surface area contributed by atoms with Crippen LogP contribution in [0, 0.1) is 5.92 Å². The smallest absolute Gasteiger partial charge is 0.0743 e. The van der Waals surface area contributed by atoms with Crippen LogP contribution in [0.25, 0.3) is 0 Å². The summed E-state index contributed by atoms with van der Waals surface area (Å²) in [6.45, 7) is 6.11. The van der Waals surface area contributed by atoms with Crippen LogP contribution in [-0.4, -0.2) is 11.2 Å². The molecule has 0 fully saturated rings. The number of rotatable bonds is 7. The molecule has 0 bridgehead atoms. The van der Waals surface area contributed by atoms with Gasteiger partial charge in [0, 0.05) is 0 Å². The zero-order chi connectivity index (χ0) is 10.8. The molecule has 0 rings (SSSR count). The van der Waals surface area contributed by atoms with Crippen LogP contribution < -0.4 is 0 Å². The molecule has 1 atom stereocenters. The Morgan fingerprint density at radius 1 is 1.07 bits per heavy atom. The molecule has 0 aliphatic heterocycles. The largest absolute Gasteiger partial charge is 0.389 e. The molecule has 0 aromatic carbocycles. The second-order valence-corrected chi connectivity index (χ2v) is 4.02. The van der Waals surface area contributed by atoms with Gasteiger partial charge >= 0.3 is 0 Å². The first-order valence-electron chi connectivity index (χ1n) is 5.64. The van der Waals surface area contributed by atoms with E-state index in [0.717, 1.165) is 6.42 Å². The van der Waals surface area contributed by atoms with Gasteiger partial charge < -0.3 is 5.11 Å². The van der Waals surface area contributed by atoms with Crippen molar-refractivity contribution < 1.29 is 5.11 Å². The first-order chi connectivity index (χ1) is 6.68. The lowest BCUT2D eigenvalue weighted by molar-refractivity contribution is 0.172. The van der Waals surface area contributed by atoms with Crippen LogP contribution in [0.3, 0.4) is 0 Å². The molecule has 1 N–H and O–H groups in total. The Bertz CT molecular complexity index is 168. The maximum Gasteiger partial charge on any atom is 0.0743 e. The Hall–Kier alpha value is -0.560. The van der Waals surface area contributed by atoms with E-state index >= 15 is 0 Å². The van der Waals surface area contributed by atoms with Gasteiger partial charge in [0.1, 0.15) is 0 Å². The predicted molar refractivity (Wildman–Crippen MR) is 63.3 cm³/mol. The molecule has 0 aromatic rings. The molecule has 0 saturated heterocycles. The molecule has 0 radical (unpaired) electrons. The molecule has 0 saturated carbocycles. The summed E-state index contributed by atoms with van der Waals surface area (Å²) in [5.74, 6) is 0.328. The topological polar surface area (TPSA) is 20.2 Å². The van der Waals surface area contributed by atoms with Crippen molar-refractivity contribution in [2.75, 3.05) is 0 Å². The minimum absolute atomic E-state index is 0.273. The van der Waals surface area contributed by atoms with Crippen LogP contribution >= 0.6 is 0 Å². The van der Waals surface area contributed by atoms with E-state index in [1.165, 1.54) is 19.3 Å². The Labute approximate surface area is 88.5 Å². The highest BCUT2D eigenvalue weighted by Crippen LogP contribution is 2.05. The monoisotopic (exact) mass is 196 g/mol. The van der Waals surface area contributed by atoms with Crippen LogP contribution in [0.2, 0.25) is 0 Å². The van der Waals surface area contributed by atoms with Crippen LogP contribution in [0.5, 0.6) is 0 Å². The molecule has 1 heteroatoms. The lowest BCUT2D eigenvalue weighted by Crippen LogP contribution is -2.10. The van der Waals surface area contributed by atoms with E-state index in [-0.39, 0.29) is 6.10 Å². The highest BCUT2D eigenvalue weighted by atomic mass is 16.3. The average molecular weight is 196 g/mol. The fraction of sp³-hybridized carbons (Fsp3) is 0.692. The number of hydrogen-bond acceptors (Lipinski definition) is 1. The summed E-state index contributed by atoms with van der Waals surface area (Å²) in [5, 5.41) is 9.47. The van der Waals surface area contributed by atoms with Gasteiger partial charge in [-0.2, -0.15) is 0 Å². The summed E-state index contributed by atoms with van der Waals surface area (Å²) in [5.41, 5.74) is 0. The molecule has 0 aromatic heterocycles. The molecule has 0 heterocycles. The van der Waals surface area contributed by atoms with Crippen molar-refractivity contribution in [1.29, 1.82) is 0 Å². The average Bonchev–Trinajstić information content (AvgIpc) is 2.16. The van der Waals surface area contributed by atoms with Crippen LogP contribution in [0.4, 0.5) is 0 Å². The van der Waals surface area contributed by atoms with Crippen molar-refractivity contribution in [3.8, 4) is 0 Å². The van der Waals surface area contributed by atoms with Gasteiger partial charge in [-0.05, 0) is 38.5 Å². The third-order valence-corrected chi connectivity index (χ3v) is 2.24. The molecule has 0 aliphatic carbocycles. The molecule has 0 amide bonds. The van der Waals surface area contributed by atoms with Crippen molar-refractivity contribution >= 4 is 0 Å². The Kier molecular flexibility index (Phi) is 8.65. The van der Waals surface area contributed by atoms with E-state index in [1.54, 1.807) is 0 Å². The Balaban J connectivity index is 3.35. The Morgan fingerprint density at radius 3 is 2.14 bits per heavy atom. The van der Waals surface area contributed by atoms with Gasteiger partial charge in [0.05, 0.1) is 6.10 Å². The lowest BCUT2D eigenvalue weighted by Gasteiger charge is -2.08. The van der Waals surface area contributed by atoms with Crippen molar-refractivity contribution in [3.05, 3.63) is 24.3 Å². The first kappa shape index (κ1) is 13.4.